The van der Waals surface area contributed by atoms with Crippen LogP contribution in [0.5, 0.6) is 0 Å². The standard InChI is InChI=1S/C12H20N4O3S2/c1-2-3-5-16(10-4-6-21(18,19)8-10)11(17)7-20-12-13-9-14-15-12/h9-10H,2-8H2,1H3,(H,13,14,15). The molecule has 0 bridgehead atoms. The van der Waals surface area contributed by atoms with Crippen LogP contribution in [0.25, 0.3) is 0 Å². The van der Waals surface area contributed by atoms with Gasteiger partial charge in [0.15, 0.2) is 15.0 Å². The first kappa shape index (κ1) is 16.3. The Hall–Kier alpha value is -1.09. The molecular weight excluding hydrogens is 312 g/mol. The van der Waals surface area contributed by atoms with Crippen molar-refractivity contribution in [1.82, 2.24) is 20.1 Å². The van der Waals surface area contributed by atoms with Gasteiger partial charge < -0.3 is 4.90 Å². The number of H-pyrrole nitrogens is 1. The first-order valence-corrected chi connectivity index (χ1v) is 9.80. The number of hydrogen-bond acceptors (Lipinski definition) is 6. The number of nitrogens with zero attached hydrogens (tertiary/aromatic N) is 3. The molecule has 0 saturated carbocycles. The third kappa shape index (κ3) is 4.70. The zero-order chi connectivity index (χ0) is 15.3. The van der Waals surface area contributed by atoms with E-state index in [0.717, 1.165) is 12.8 Å². The lowest BCUT2D eigenvalue weighted by molar-refractivity contribution is -0.130. The molecule has 1 aliphatic heterocycles. The van der Waals surface area contributed by atoms with Gasteiger partial charge in [0, 0.05) is 12.6 Å². The summed E-state index contributed by atoms with van der Waals surface area (Å²) in [4.78, 5) is 18.1. The Labute approximate surface area is 128 Å². The molecule has 1 aromatic heterocycles. The Morgan fingerprint density at radius 2 is 2.38 bits per heavy atom. The zero-order valence-corrected chi connectivity index (χ0v) is 13.6. The maximum absolute atomic E-state index is 12.4. The largest absolute Gasteiger partial charge is 0.338 e. The van der Waals surface area contributed by atoms with Crippen LogP contribution in [0.2, 0.25) is 0 Å². The predicted octanol–water partition coefficient (Wildman–Crippen LogP) is 0.713. The van der Waals surface area contributed by atoms with Gasteiger partial charge in [-0.25, -0.2) is 13.4 Å². The molecule has 21 heavy (non-hydrogen) atoms. The Morgan fingerprint density at radius 1 is 1.57 bits per heavy atom. The van der Waals surface area contributed by atoms with Gasteiger partial charge in [-0.3, -0.25) is 9.89 Å². The molecular formula is C12H20N4O3S2. The number of sulfone groups is 1. The molecule has 1 aliphatic rings. The molecule has 1 saturated heterocycles. The predicted molar refractivity (Wildman–Crippen MR) is 80.8 cm³/mol. The number of carbonyl (C=O) groups excluding carboxylic acids is 1. The van der Waals surface area contributed by atoms with Gasteiger partial charge in [0.1, 0.15) is 6.33 Å². The van der Waals surface area contributed by atoms with Crippen LogP contribution in [0.1, 0.15) is 26.2 Å². The summed E-state index contributed by atoms with van der Waals surface area (Å²) in [6.07, 6.45) is 3.80. The van der Waals surface area contributed by atoms with E-state index in [9.17, 15) is 13.2 Å². The highest BCUT2D eigenvalue weighted by atomic mass is 32.2. The van der Waals surface area contributed by atoms with E-state index < -0.39 is 9.84 Å². The van der Waals surface area contributed by atoms with Crippen LogP contribution < -0.4 is 0 Å². The van der Waals surface area contributed by atoms with Gasteiger partial charge >= 0.3 is 0 Å². The van der Waals surface area contributed by atoms with Gasteiger partial charge in [0.05, 0.1) is 17.3 Å². The van der Waals surface area contributed by atoms with Crippen LogP contribution >= 0.6 is 11.8 Å². The van der Waals surface area contributed by atoms with Crippen molar-refractivity contribution < 1.29 is 13.2 Å². The summed E-state index contributed by atoms with van der Waals surface area (Å²) >= 11 is 1.29. The molecule has 1 amide bonds. The number of amides is 1. The van der Waals surface area contributed by atoms with Crippen molar-refractivity contribution in [3.63, 3.8) is 0 Å². The molecule has 1 fully saturated rings. The summed E-state index contributed by atoms with van der Waals surface area (Å²) < 4.78 is 23.2. The van der Waals surface area contributed by atoms with Crippen LogP contribution in [-0.2, 0) is 14.6 Å². The molecule has 0 aliphatic carbocycles. The molecule has 1 N–H and O–H groups in total. The van der Waals surface area contributed by atoms with Crippen molar-refractivity contribution in [2.45, 2.75) is 37.4 Å². The van der Waals surface area contributed by atoms with Gasteiger partial charge in [-0.2, -0.15) is 5.10 Å². The molecule has 1 unspecified atom stereocenters. The maximum atomic E-state index is 12.4. The van der Waals surface area contributed by atoms with Crippen molar-refractivity contribution in [1.29, 1.82) is 0 Å². The van der Waals surface area contributed by atoms with Crippen molar-refractivity contribution in [2.24, 2.45) is 0 Å². The first-order valence-electron chi connectivity index (χ1n) is 7.00. The van der Waals surface area contributed by atoms with Gasteiger partial charge in [-0.1, -0.05) is 25.1 Å². The highest BCUT2D eigenvalue weighted by molar-refractivity contribution is 7.99. The second-order valence-electron chi connectivity index (χ2n) is 5.08. The summed E-state index contributed by atoms with van der Waals surface area (Å²) in [5.74, 6) is 0.486. The fraction of sp³-hybridized carbons (Fsp3) is 0.750. The van der Waals surface area contributed by atoms with E-state index >= 15 is 0 Å². The Morgan fingerprint density at radius 3 is 2.95 bits per heavy atom. The number of aromatic amines is 1. The second-order valence-corrected chi connectivity index (χ2v) is 8.27. The number of hydrogen-bond donors (Lipinski definition) is 1. The maximum Gasteiger partial charge on any atom is 0.233 e. The van der Waals surface area contributed by atoms with Gasteiger partial charge in [-0.15, -0.1) is 0 Å². The average Bonchev–Trinajstić information content (AvgIpc) is 3.06. The summed E-state index contributed by atoms with van der Waals surface area (Å²) in [6.45, 7) is 2.67. The number of thioether (sulfide) groups is 1. The summed E-state index contributed by atoms with van der Waals surface area (Å²) in [5.41, 5.74) is 0. The van der Waals surface area contributed by atoms with Crippen LogP contribution in [0.3, 0.4) is 0 Å². The van der Waals surface area contributed by atoms with Crippen LogP contribution in [0, 0.1) is 0 Å². The molecule has 1 atom stereocenters. The molecule has 0 aromatic carbocycles. The third-order valence-corrected chi connectivity index (χ3v) is 6.06. The number of unbranched alkanes of at least 4 members (excludes halogenated alkanes) is 1. The minimum Gasteiger partial charge on any atom is -0.338 e. The highest BCUT2D eigenvalue weighted by Crippen LogP contribution is 2.20. The highest BCUT2D eigenvalue weighted by Gasteiger charge is 2.34. The molecule has 2 rings (SSSR count). The molecule has 7 nitrogen and oxygen atoms in total. The van der Waals surface area contributed by atoms with Crippen molar-refractivity contribution >= 4 is 27.5 Å². The zero-order valence-electron chi connectivity index (χ0n) is 12.0. The van der Waals surface area contributed by atoms with Crippen LogP contribution in [-0.4, -0.2) is 64.3 Å². The van der Waals surface area contributed by atoms with Gasteiger partial charge in [0.25, 0.3) is 0 Å². The van der Waals surface area contributed by atoms with E-state index in [2.05, 4.69) is 22.1 Å². The molecule has 2 heterocycles. The number of aromatic nitrogens is 3. The normalized spacial score (nSPS) is 20.5. The lowest BCUT2D eigenvalue weighted by atomic mass is 10.2. The SMILES string of the molecule is CCCCN(C(=O)CSc1ncn[nH]1)C1CCS(=O)(=O)C1. The Kier molecular flexibility index (Phi) is 5.63. The quantitative estimate of drug-likeness (QED) is 0.739. The minimum atomic E-state index is -2.99. The van der Waals surface area contributed by atoms with E-state index in [0.29, 0.717) is 18.1 Å². The van der Waals surface area contributed by atoms with E-state index in [4.69, 9.17) is 0 Å². The number of carbonyl (C=O) groups is 1. The van der Waals surface area contributed by atoms with Crippen molar-refractivity contribution in [2.75, 3.05) is 23.8 Å². The lowest BCUT2D eigenvalue weighted by Crippen LogP contribution is -2.42. The summed E-state index contributed by atoms with van der Waals surface area (Å²) in [5, 5.41) is 7.02. The Balaban J connectivity index is 1.96. The van der Waals surface area contributed by atoms with E-state index in [1.165, 1.54) is 18.1 Å². The lowest BCUT2D eigenvalue weighted by Gasteiger charge is -2.28. The van der Waals surface area contributed by atoms with Gasteiger partial charge in [-0.05, 0) is 12.8 Å². The molecule has 0 radical (unpaired) electrons. The van der Waals surface area contributed by atoms with Crippen molar-refractivity contribution in [3.8, 4) is 0 Å². The topological polar surface area (TPSA) is 96.0 Å². The molecule has 1 aromatic rings. The second kappa shape index (κ2) is 7.26. The molecule has 118 valence electrons. The fourth-order valence-electron chi connectivity index (χ4n) is 2.34. The number of rotatable bonds is 7. The monoisotopic (exact) mass is 332 g/mol. The minimum absolute atomic E-state index is 0.0352. The van der Waals surface area contributed by atoms with Gasteiger partial charge in [0.2, 0.25) is 5.91 Å². The van der Waals surface area contributed by atoms with E-state index in [1.54, 1.807) is 4.90 Å². The van der Waals surface area contributed by atoms with E-state index in [1.807, 2.05) is 0 Å². The third-order valence-electron chi connectivity index (χ3n) is 3.45. The molecule has 9 heteroatoms. The Bertz CT molecular complexity index is 559. The summed E-state index contributed by atoms with van der Waals surface area (Å²) in [6, 6.07) is -0.177. The fourth-order valence-corrected chi connectivity index (χ4v) is 4.73. The van der Waals surface area contributed by atoms with Crippen molar-refractivity contribution in [3.05, 3.63) is 6.33 Å². The molecule has 0 spiro atoms. The van der Waals surface area contributed by atoms with Crippen LogP contribution in [0.4, 0.5) is 0 Å². The number of nitrogens with one attached hydrogen (secondary N) is 1. The summed E-state index contributed by atoms with van der Waals surface area (Å²) in [7, 11) is -2.99. The van der Waals surface area contributed by atoms with E-state index in [-0.39, 0.29) is 29.2 Å². The average molecular weight is 332 g/mol. The smallest absolute Gasteiger partial charge is 0.233 e. The first-order chi connectivity index (χ1) is 10.0. The van der Waals surface area contributed by atoms with Crippen LogP contribution in [0.15, 0.2) is 11.5 Å².